The highest BCUT2D eigenvalue weighted by atomic mass is 32.1. The van der Waals surface area contributed by atoms with Crippen LogP contribution in [0.4, 0.5) is 0 Å². The minimum atomic E-state index is -0.0953. The van der Waals surface area contributed by atoms with E-state index in [4.69, 9.17) is 9.47 Å². The van der Waals surface area contributed by atoms with Crippen molar-refractivity contribution in [3.63, 3.8) is 0 Å². The predicted molar refractivity (Wildman–Crippen MR) is 109 cm³/mol. The van der Waals surface area contributed by atoms with Gasteiger partial charge in [0.05, 0.1) is 12.6 Å². The van der Waals surface area contributed by atoms with Crippen LogP contribution in [0.2, 0.25) is 0 Å². The lowest BCUT2D eigenvalue weighted by molar-refractivity contribution is -0.123. The normalized spacial score (nSPS) is 15.4. The second-order valence-electron chi connectivity index (χ2n) is 6.69. The van der Waals surface area contributed by atoms with Crippen LogP contribution >= 0.6 is 11.3 Å². The molecule has 1 aromatic heterocycles. The van der Waals surface area contributed by atoms with Gasteiger partial charge in [0.15, 0.2) is 6.61 Å². The van der Waals surface area contributed by atoms with Crippen molar-refractivity contribution in [3.05, 3.63) is 46.7 Å². The third-order valence-corrected chi connectivity index (χ3v) is 5.59. The Balaban J connectivity index is 1.45. The molecule has 0 bridgehead atoms. The molecule has 146 valence electrons. The summed E-state index contributed by atoms with van der Waals surface area (Å²) in [5.74, 6) is 1.39. The average Bonchev–Trinajstić information content (AvgIpc) is 3.40. The predicted octanol–water partition coefficient (Wildman–Crippen LogP) is 3.87. The number of benzene rings is 1. The highest BCUT2D eigenvalue weighted by Gasteiger charge is 2.24. The number of carbonyl (C=O) groups excluding carboxylic acids is 1. The lowest BCUT2D eigenvalue weighted by atomic mass is 10.2. The maximum Gasteiger partial charge on any atom is 0.258 e. The molecule has 1 amide bonds. The summed E-state index contributed by atoms with van der Waals surface area (Å²) in [6.45, 7) is 5.61. The Hall–Kier alpha value is -2.05. The molecule has 0 radical (unpaired) electrons. The molecule has 1 N–H and O–H groups in total. The molecule has 1 aromatic carbocycles. The number of amides is 1. The van der Waals surface area contributed by atoms with E-state index in [1.54, 1.807) is 11.3 Å². The molecule has 1 unspecified atom stereocenters. The van der Waals surface area contributed by atoms with Crippen LogP contribution in [0.5, 0.6) is 11.5 Å². The van der Waals surface area contributed by atoms with E-state index in [0.29, 0.717) is 18.9 Å². The van der Waals surface area contributed by atoms with E-state index in [-0.39, 0.29) is 18.6 Å². The van der Waals surface area contributed by atoms with Crippen LogP contribution in [-0.2, 0) is 4.79 Å². The number of nitrogens with one attached hydrogen (secondary N) is 1. The lowest BCUT2D eigenvalue weighted by Crippen LogP contribution is -2.38. The fraction of sp³-hybridized carbons (Fsp3) is 0.476. The van der Waals surface area contributed by atoms with Crippen molar-refractivity contribution < 1.29 is 14.3 Å². The number of hydrogen-bond acceptors (Lipinski definition) is 5. The Bertz CT molecular complexity index is 682. The van der Waals surface area contributed by atoms with Gasteiger partial charge in [-0.2, -0.15) is 0 Å². The van der Waals surface area contributed by atoms with Crippen LogP contribution in [0, 0.1) is 0 Å². The van der Waals surface area contributed by atoms with E-state index in [2.05, 4.69) is 34.7 Å². The van der Waals surface area contributed by atoms with Crippen LogP contribution in [0.25, 0.3) is 0 Å². The fourth-order valence-electron chi connectivity index (χ4n) is 3.21. The van der Waals surface area contributed by atoms with Crippen molar-refractivity contribution in [2.45, 2.75) is 32.2 Å². The third kappa shape index (κ3) is 5.97. The number of likely N-dealkylation sites (tertiary alicyclic amines) is 1. The zero-order valence-corrected chi connectivity index (χ0v) is 16.7. The number of ether oxygens (including phenoxy) is 2. The summed E-state index contributed by atoms with van der Waals surface area (Å²) in [5, 5.41) is 5.13. The van der Waals surface area contributed by atoms with Crippen LogP contribution in [0.15, 0.2) is 41.8 Å². The van der Waals surface area contributed by atoms with Crippen molar-refractivity contribution in [2.24, 2.45) is 0 Å². The molecule has 0 saturated carbocycles. The summed E-state index contributed by atoms with van der Waals surface area (Å²) in [5.41, 5.74) is 0. The van der Waals surface area contributed by atoms with E-state index in [0.717, 1.165) is 25.3 Å². The second-order valence-corrected chi connectivity index (χ2v) is 7.67. The molecule has 1 atom stereocenters. The first-order valence-corrected chi connectivity index (χ1v) is 10.5. The molecular weight excluding hydrogens is 360 g/mol. The van der Waals surface area contributed by atoms with Crippen molar-refractivity contribution in [1.82, 2.24) is 10.2 Å². The topological polar surface area (TPSA) is 50.8 Å². The lowest BCUT2D eigenvalue weighted by Gasteiger charge is -2.26. The van der Waals surface area contributed by atoms with Gasteiger partial charge in [-0.15, -0.1) is 11.3 Å². The summed E-state index contributed by atoms with van der Waals surface area (Å²) >= 11 is 1.75. The van der Waals surface area contributed by atoms with Gasteiger partial charge in [-0.3, -0.25) is 9.69 Å². The SMILES string of the molecule is CCCOc1ccc(OCC(=O)NCC(c2cccs2)N2CCCC2)cc1. The highest BCUT2D eigenvalue weighted by molar-refractivity contribution is 7.10. The molecule has 0 aliphatic carbocycles. The summed E-state index contributed by atoms with van der Waals surface area (Å²) in [7, 11) is 0. The van der Waals surface area contributed by atoms with Crippen LogP contribution in [0.1, 0.15) is 37.1 Å². The third-order valence-electron chi connectivity index (χ3n) is 4.61. The fourth-order valence-corrected chi connectivity index (χ4v) is 4.07. The minimum absolute atomic E-state index is 0.0202. The van der Waals surface area contributed by atoms with E-state index >= 15 is 0 Å². The second kappa shape index (κ2) is 10.3. The number of thiophene rings is 1. The van der Waals surface area contributed by atoms with Crippen molar-refractivity contribution in [1.29, 1.82) is 0 Å². The number of nitrogens with zero attached hydrogens (tertiary/aromatic N) is 1. The first kappa shape index (κ1) is 19.7. The van der Waals surface area contributed by atoms with Crippen molar-refractivity contribution >= 4 is 17.2 Å². The summed E-state index contributed by atoms with van der Waals surface area (Å²) in [6, 6.07) is 11.9. The molecule has 3 rings (SSSR count). The van der Waals surface area contributed by atoms with Gasteiger partial charge in [0.1, 0.15) is 11.5 Å². The Morgan fingerprint density at radius 1 is 1.15 bits per heavy atom. The van der Waals surface area contributed by atoms with Crippen molar-refractivity contribution in [3.8, 4) is 11.5 Å². The monoisotopic (exact) mass is 388 g/mol. The molecule has 1 aliphatic heterocycles. The molecular formula is C21H28N2O3S. The molecule has 27 heavy (non-hydrogen) atoms. The molecule has 6 heteroatoms. The smallest absolute Gasteiger partial charge is 0.258 e. The number of rotatable bonds is 10. The first-order valence-electron chi connectivity index (χ1n) is 9.66. The van der Waals surface area contributed by atoms with Gasteiger partial charge in [0, 0.05) is 11.4 Å². The Morgan fingerprint density at radius 2 is 1.85 bits per heavy atom. The zero-order chi connectivity index (χ0) is 18.9. The quantitative estimate of drug-likeness (QED) is 0.671. The number of carbonyl (C=O) groups is 1. The summed E-state index contributed by atoms with van der Waals surface area (Å²) in [4.78, 5) is 16.0. The van der Waals surface area contributed by atoms with Gasteiger partial charge in [-0.25, -0.2) is 0 Å². The summed E-state index contributed by atoms with van der Waals surface area (Å²) in [6.07, 6.45) is 3.44. The van der Waals surface area contributed by atoms with Gasteiger partial charge in [0.25, 0.3) is 5.91 Å². The van der Waals surface area contributed by atoms with Crippen LogP contribution < -0.4 is 14.8 Å². The Morgan fingerprint density at radius 3 is 2.48 bits per heavy atom. The standard InChI is InChI=1S/C21H28N2O3S/c1-2-13-25-17-7-9-18(10-8-17)26-16-21(24)22-15-19(20-6-5-14-27-20)23-11-3-4-12-23/h5-10,14,19H,2-4,11-13,15-16H2,1H3,(H,22,24). The Labute approximate surface area is 165 Å². The van der Waals surface area contributed by atoms with E-state index < -0.39 is 0 Å². The molecule has 2 aromatic rings. The number of hydrogen-bond donors (Lipinski definition) is 1. The van der Waals surface area contributed by atoms with Gasteiger partial charge in [-0.05, 0) is 68.1 Å². The average molecular weight is 389 g/mol. The van der Waals surface area contributed by atoms with E-state index in [9.17, 15) is 4.79 Å². The molecule has 5 nitrogen and oxygen atoms in total. The molecule has 0 spiro atoms. The van der Waals surface area contributed by atoms with Crippen molar-refractivity contribution in [2.75, 3.05) is 32.8 Å². The highest BCUT2D eigenvalue weighted by Crippen LogP contribution is 2.27. The largest absolute Gasteiger partial charge is 0.494 e. The van der Waals surface area contributed by atoms with Gasteiger partial charge >= 0.3 is 0 Å². The Kier molecular flexibility index (Phi) is 7.54. The maximum absolute atomic E-state index is 12.2. The molecule has 1 fully saturated rings. The first-order chi connectivity index (χ1) is 13.3. The zero-order valence-electron chi connectivity index (χ0n) is 15.9. The minimum Gasteiger partial charge on any atom is -0.494 e. The van der Waals surface area contributed by atoms with Crippen LogP contribution in [-0.4, -0.2) is 43.7 Å². The van der Waals surface area contributed by atoms with Crippen LogP contribution in [0.3, 0.4) is 0 Å². The summed E-state index contributed by atoms with van der Waals surface area (Å²) < 4.78 is 11.1. The molecule has 2 heterocycles. The van der Waals surface area contributed by atoms with Gasteiger partial charge in [-0.1, -0.05) is 13.0 Å². The van der Waals surface area contributed by atoms with Gasteiger partial charge in [0.2, 0.25) is 0 Å². The van der Waals surface area contributed by atoms with E-state index in [1.165, 1.54) is 17.7 Å². The molecule has 1 saturated heterocycles. The molecule has 1 aliphatic rings. The van der Waals surface area contributed by atoms with E-state index in [1.807, 2.05) is 24.3 Å². The van der Waals surface area contributed by atoms with Gasteiger partial charge < -0.3 is 14.8 Å². The maximum atomic E-state index is 12.2.